The van der Waals surface area contributed by atoms with Crippen LogP contribution in [0.1, 0.15) is 46.6 Å². The molecule has 0 aliphatic rings. The van der Waals surface area contributed by atoms with Gasteiger partial charge in [-0.2, -0.15) is 0 Å². The number of hydrogen-bond donors (Lipinski definition) is 1. The lowest BCUT2D eigenvalue weighted by Crippen LogP contribution is -2.38. The molecule has 174 valence electrons. The zero-order valence-corrected chi connectivity index (χ0v) is 20.0. The van der Waals surface area contributed by atoms with Gasteiger partial charge in [0.2, 0.25) is 0 Å². The predicted octanol–water partition coefficient (Wildman–Crippen LogP) is 4.56. The van der Waals surface area contributed by atoms with E-state index in [2.05, 4.69) is 26.1 Å². The Morgan fingerprint density at radius 3 is 2.19 bits per heavy atom. The highest BCUT2D eigenvalue weighted by Gasteiger charge is 2.29. The fourth-order valence-corrected chi connectivity index (χ4v) is 3.76. The number of methoxy groups -OCH3 is 2. The Bertz CT molecular complexity index is 804. The maximum Gasteiger partial charge on any atom is 0.407 e. The fraction of sp³-hybridized carbons (Fsp3) is 0.619. The van der Waals surface area contributed by atoms with Crippen LogP contribution >= 0.6 is 11.8 Å². The molecule has 0 saturated heterocycles. The van der Waals surface area contributed by atoms with Gasteiger partial charge in [-0.15, -0.1) is 0 Å². The van der Waals surface area contributed by atoms with Crippen molar-refractivity contribution >= 4 is 28.7 Å². The third-order valence-electron chi connectivity index (χ3n) is 4.45. The number of ether oxygens (including phenoxy) is 3. The first kappa shape index (κ1) is 26.5. The van der Waals surface area contributed by atoms with Crippen LogP contribution in [0.4, 0.5) is 10.5 Å². The van der Waals surface area contributed by atoms with Crippen LogP contribution in [0.3, 0.4) is 0 Å². The zero-order chi connectivity index (χ0) is 23.8. The smallest absolute Gasteiger partial charge is 0.407 e. The second kappa shape index (κ2) is 11.2. The molecule has 0 fully saturated rings. The molecule has 0 aromatic heterocycles. The van der Waals surface area contributed by atoms with E-state index >= 15 is 0 Å². The van der Waals surface area contributed by atoms with Crippen molar-refractivity contribution in [2.75, 3.05) is 26.5 Å². The van der Waals surface area contributed by atoms with E-state index in [0.29, 0.717) is 5.75 Å². The first-order chi connectivity index (χ1) is 14.3. The molecule has 1 aromatic rings. The van der Waals surface area contributed by atoms with Gasteiger partial charge in [0.1, 0.15) is 6.61 Å². The number of nitro benzene ring substituents is 1. The summed E-state index contributed by atoms with van der Waals surface area (Å²) in [7, 11) is 2.77. The molecule has 31 heavy (non-hydrogen) atoms. The Morgan fingerprint density at radius 2 is 1.68 bits per heavy atom. The number of nitrogens with one attached hydrogen (secondary N) is 1. The van der Waals surface area contributed by atoms with Gasteiger partial charge in [-0.05, 0) is 17.9 Å². The molecule has 10 heteroatoms. The molecule has 1 amide bonds. The van der Waals surface area contributed by atoms with Gasteiger partial charge in [0.15, 0.2) is 16.6 Å². The van der Waals surface area contributed by atoms with Gasteiger partial charge in [0, 0.05) is 12.3 Å². The lowest BCUT2D eigenvalue weighted by Gasteiger charge is -2.24. The zero-order valence-electron chi connectivity index (χ0n) is 19.2. The molecule has 0 spiro atoms. The first-order valence-corrected chi connectivity index (χ1v) is 10.8. The highest BCUT2D eigenvalue weighted by atomic mass is 32.2. The molecule has 0 atom stereocenters. The molecule has 0 bridgehead atoms. The summed E-state index contributed by atoms with van der Waals surface area (Å²) >= 11 is 1.25. The minimum absolute atomic E-state index is 0.0208. The molecule has 0 saturated carbocycles. The first-order valence-electron chi connectivity index (χ1n) is 9.78. The molecule has 1 N–H and O–H groups in total. The van der Waals surface area contributed by atoms with E-state index in [-0.39, 0.29) is 46.4 Å². The normalized spacial score (nSPS) is 11.6. The van der Waals surface area contributed by atoms with Gasteiger partial charge in [-0.1, -0.05) is 46.4 Å². The highest BCUT2D eigenvalue weighted by molar-refractivity contribution is 8.13. The summed E-state index contributed by atoms with van der Waals surface area (Å²) in [6.07, 6.45) is 0.128. The second-order valence-electron chi connectivity index (χ2n) is 8.85. The fourth-order valence-electron chi connectivity index (χ4n) is 2.40. The van der Waals surface area contributed by atoms with Crippen molar-refractivity contribution in [1.82, 2.24) is 5.32 Å². The van der Waals surface area contributed by atoms with Crippen LogP contribution in [-0.4, -0.2) is 42.6 Å². The average Bonchev–Trinajstić information content (AvgIpc) is 2.68. The number of nitrogens with zero attached hydrogens (tertiary/aromatic N) is 1. The molecule has 9 nitrogen and oxygen atoms in total. The minimum atomic E-state index is -0.781. The Labute approximate surface area is 187 Å². The Balaban J connectivity index is 2.67. The van der Waals surface area contributed by atoms with Crippen LogP contribution in [0.15, 0.2) is 12.1 Å². The van der Waals surface area contributed by atoms with Crippen molar-refractivity contribution < 1.29 is 28.7 Å². The van der Waals surface area contributed by atoms with E-state index in [4.69, 9.17) is 14.2 Å². The summed E-state index contributed by atoms with van der Waals surface area (Å²) in [4.78, 5) is 35.3. The number of benzene rings is 1. The van der Waals surface area contributed by atoms with E-state index in [1.807, 2.05) is 0 Å². The van der Waals surface area contributed by atoms with Gasteiger partial charge < -0.3 is 19.5 Å². The molecule has 0 heterocycles. The number of hydrogen-bond acceptors (Lipinski definition) is 8. The molecule has 0 unspecified atom stereocenters. The monoisotopic (exact) mass is 456 g/mol. The maximum absolute atomic E-state index is 12.5. The van der Waals surface area contributed by atoms with Crippen molar-refractivity contribution in [2.24, 2.45) is 10.8 Å². The van der Waals surface area contributed by atoms with Crippen LogP contribution in [0.2, 0.25) is 0 Å². The van der Waals surface area contributed by atoms with E-state index in [9.17, 15) is 19.7 Å². The Morgan fingerprint density at radius 1 is 1.10 bits per heavy atom. The van der Waals surface area contributed by atoms with Gasteiger partial charge in [-0.3, -0.25) is 14.9 Å². The van der Waals surface area contributed by atoms with Crippen LogP contribution < -0.4 is 14.8 Å². The maximum atomic E-state index is 12.5. The van der Waals surface area contributed by atoms with E-state index in [1.54, 1.807) is 13.8 Å². The number of amides is 1. The Hall–Kier alpha value is -2.49. The predicted molar refractivity (Wildman–Crippen MR) is 120 cm³/mol. The Kier molecular flexibility index (Phi) is 9.61. The summed E-state index contributed by atoms with van der Waals surface area (Å²) in [5.41, 5.74) is -0.731. The van der Waals surface area contributed by atoms with Crippen molar-refractivity contribution in [2.45, 2.75) is 47.6 Å². The van der Waals surface area contributed by atoms with E-state index in [0.717, 1.165) is 6.42 Å². The number of carbonyl (C=O) groups is 2. The average molecular weight is 457 g/mol. The van der Waals surface area contributed by atoms with Gasteiger partial charge in [0.25, 0.3) is 5.69 Å². The molecule has 1 rings (SSSR count). The van der Waals surface area contributed by atoms with Crippen molar-refractivity contribution in [3.05, 3.63) is 27.8 Å². The number of alkyl carbamates (subject to hydrolysis) is 1. The third kappa shape index (κ3) is 8.64. The van der Waals surface area contributed by atoms with Gasteiger partial charge >= 0.3 is 6.09 Å². The molecular weight excluding hydrogens is 424 g/mol. The number of carbonyl (C=O) groups excluding carboxylic acids is 2. The number of nitro groups is 1. The highest BCUT2D eigenvalue weighted by Crippen LogP contribution is 2.35. The van der Waals surface area contributed by atoms with E-state index in [1.165, 1.54) is 38.1 Å². The largest absolute Gasteiger partial charge is 0.493 e. The van der Waals surface area contributed by atoms with Crippen LogP contribution in [0.25, 0.3) is 0 Å². The standard InChI is InChI=1S/C21H32N2O7S/c1-20(2,3)8-9-31-18(24)21(4,5)13-22-19(25)30-12-14-10-16(28-6)17(29-7)11-15(14)23(26)27/h10-11H,8-9,12-13H2,1-7H3,(H,22,25). The molecule has 0 aliphatic heterocycles. The van der Waals surface area contributed by atoms with Crippen LogP contribution in [-0.2, 0) is 16.1 Å². The number of thioether (sulfide) groups is 1. The molecule has 0 aliphatic carbocycles. The van der Waals surface area contributed by atoms with Gasteiger partial charge in [-0.25, -0.2) is 4.79 Å². The molecular formula is C21H32N2O7S. The SMILES string of the molecule is COc1cc(COC(=O)NCC(C)(C)C(=O)SCCC(C)(C)C)c([N+](=O)[O-])cc1OC. The summed E-state index contributed by atoms with van der Waals surface area (Å²) < 4.78 is 15.3. The van der Waals surface area contributed by atoms with Gasteiger partial charge in [0.05, 0.1) is 36.2 Å². The minimum Gasteiger partial charge on any atom is -0.493 e. The quantitative estimate of drug-likeness (QED) is 0.402. The van der Waals surface area contributed by atoms with Crippen LogP contribution in [0.5, 0.6) is 11.5 Å². The molecule has 0 radical (unpaired) electrons. The lowest BCUT2D eigenvalue weighted by molar-refractivity contribution is -0.385. The summed E-state index contributed by atoms with van der Waals surface area (Å²) in [6, 6.07) is 2.61. The molecule has 1 aromatic carbocycles. The van der Waals surface area contributed by atoms with Crippen molar-refractivity contribution in [3.63, 3.8) is 0 Å². The summed E-state index contributed by atoms with van der Waals surface area (Å²) in [6.45, 7) is 9.59. The topological polar surface area (TPSA) is 117 Å². The summed E-state index contributed by atoms with van der Waals surface area (Å²) in [5, 5.41) is 13.9. The van der Waals surface area contributed by atoms with Crippen LogP contribution in [0, 0.1) is 20.9 Å². The lowest BCUT2D eigenvalue weighted by atomic mass is 9.94. The summed E-state index contributed by atoms with van der Waals surface area (Å²) in [5.74, 6) is 1.19. The number of rotatable bonds is 10. The second-order valence-corrected chi connectivity index (χ2v) is 9.92. The van der Waals surface area contributed by atoms with E-state index < -0.39 is 16.4 Å². The third-order valence-corrected chi connectivity index (χ3v) is 5.68. The van der Waals surface area contributed by atoms with Crippen molar-refractivity contribution in [3.8, 4) is 11.5 Å². The van der Waals surface area contributed by atoms with Crippen molar-refractivity contribution in [1.29, 1.82) is 0 Å².